The normalized spacial score (nSPS) is 14.0. The van der Waals surface area contributed by atoms with Crippen LogP contribution < -0.4 is 10.1 Å². The van der Waals surface area contributed by atoms with Crippen molar-refractivity contribution in [2.24, 2.45) is 0 Å². The molecule has 26 heavy (non-hydrogen) atoms. The molecule has 6 nitrogen and oxygen atoms in total. The van der Waals surface area contributed by atoms with Gasteiger partial charge in [0.1, 0.15) is 5.75 Å². The minimum atomic E-state index is -4.16. The lowest BCUT2D eigenvalue weighted by atomic mass is 10.1. The Bertz CT molecular complexity index is 811. The first kappa shape index (κ1) is 20.7. The van der Waals surface area contributed by atoms with E-state index in [2.05, 4.69) is 5.32 Å². The molecule has 0 saturated heterocycles. The molecule has 0 bridgehead atoms. The molecule has 0 aromatic heterocycles. The molecule has 2 unspecified atom stereocenters. The van der Waals surface area contributed by atoms with Crippen LogP contribution in [-0.2, 0) is 16.5 Å². The zero-order valence-electron chi connectivity index (χ0n) is 14.3. The molecule has 8 heteroatoms. The quantitative estimate of drug-likeness (QED) is 0.561. The Hall–Kier alpha value is -1.64. The fourth-order valence-electron chi connectivity index (χ4n) is 2.43. The third-order valence-corrected chi connectivity index (χ3v) is 4.38. The third kappa shape index (κ3) is 7.31. The van der Waals surface area contributed by atoms with Gasteiger partial charge in [-0.2, -0.15) is 8.42 Å². The van der Waals surface area contributed by atoms with Gasteiger partial charge >= 0.3 is 10.1 Å². The zero-order chi connectivity index (χ0) is 19.2. The van der Waals surface area contributed by atoms with Gasteiger partial charge < -0.3 is 15.2 Å². The van der Waals surface area contributed by atoms with Crippen LogP contribution in [0.5, 0.6) is 5.75 Å². The van der Waals surface area contributed by atoms with Gasteiger partial charge in [0.2, 0.25) is 5.94 Å². The lowest BCUT2D eigenvalue weighted by molar-refractivity contribution is 0.170. The highest BCUT2D eigenvalue weighted by atomic mass is 35.5. The monoisotopic (exact) mass is 399 g/mol. The van der Waals surface area contributed by atoms with E-state index in [9.17, 15) is 13.5 Å². The van der Waals surface area contributed by atoms with Crippen molar-refractivity contribution in [1.82, 2.24) is 5.32 Å². The molecule has 2 aromatic carbocycles. The number of benzene rings is 2. The van der Waals surface area contributed by atoms with Gasteiger partial charge in [-0.05, 0) is 48.7 Å². The SMILES string of the molecule is CC(Cc1ccc(OCS(=O)(=O)O)cc1)NCC(O)c1cccc(Cl)c1. The van der Waals surface area contributed by atoms with Crippen LogP contribution in [0, 0.1) is 0 Å². The number of halogens is 1. The number of hydrogen-bond donors (Lipinski definition) is 3. The molecule has 0 heterocycles. The molecular formula is C18H22ClNO5S. The molecule has 0 aliphatic heterocycles. The van der Waals surface area contributed by atoms with Gasteiger partial charge in [0.25, 0.3) is 0 Å². The zero-order valence-corrected chi connectivity index (χ0v) is 15.9. The number of aliphatic hydroxyl groups excluding tert-OH is 1. The minimum Gasteiger partial charge on any atom is -0.475 e. The first-order valence-corrected chi connectivity index (χ1v) is 10.1. The van der Waals surface area contributed by atoms with E-state index in [1.54, 1.807) is 30.3 Å². The molecule has 2 aromatic rings. The van der Waals surface area contributed by atoms with Gasteiger partial charge in [-0.1, -0.05) is 35.9 Å². The molecule has 142 valence electrons. The Balaban J connectivity index is 1.81. The molecule has 3 N–H and O–H groups in total. The molecule has 0 fully saturated rings. The van der Waals surface area contributed by atoms with E-state index in [4.69, 9.17) is 20.9 Å². The van der Waals surface area contributed by atoms with Gasteiger partial charge in [-0.15, -0.1) is 0 Å². The van der Waals surface area contributed by atoms with E-state index in [1.807, 2.05) is 25.1 Å². The smallest absolute Gasteiger partial charge is 0.300 e. The lowest BCUT2D eigenvalue weighted by Crippen LogP contribution is -2.32. The number of ether oxygens (including phenoxy) is 1. The van der Waals surface area contributed by atoms with Gasteiger partial charge in [0.15, 0.2) is 0 Å². The van der Waals surface area contributed by atoms with Gasteiger partial charge in [-0.3, -0.25) is 4.55 Å². The van der Waals surface area contributed by atoms with E-state index in [0.29, 0.717) is 17.3 Å². The van der Waals surface area contributed by atoms with Crippen LogP contribution in [-0.4, -0.2) is 36.6 Å². The van der Waals surface area contributed by atoms with E-state index >= 15 is 0 Å². The number of aliphatic hydroxyl groups is 1. The molecule has 0 aliphatic carbocycles. The number of rotatable bonds is 9. The van der Waals surface area contributed by atoms with Crippen molar-refractivity contribution in [3.8, 4) is 5.75 Å². The van der Waals surface area contributed by atoms with Crippen molar-refractivity contribution in [3.63, 3.8) is 0 Å². The van der Waals surface area contributed by atoms with Gasteiger partial charge in [0, 0.05) is 17.6 Å². The largest absolute Gasteiger partial charge is 0.475 e. The standard InChI is InChI=1S/C18H22ClNO5S/c1-13(20-11-18(21)15-3-2-4-16(19)10-15)9-14-5-7-17(8-6-14)25-12-26(22,23)24/h2-8,10,13,18,20-21H,9,11-12H2,1H3,(H,22,23,24). The van der Waals surface area contributed by atoms with Gasteiger partial charge in [-0.25, -0.2) is 0 Å². The highest BCUT2D eigenvalue weighted by Crippen LogP contribution is 2.18. The van der Waals surface area contributed by atoms with Crippen molar-refractivity contribution in [3.05, 3.63) is 64.7 Å². The Morgan fingerprint density at radius 3 is 2.50 bits per heavy atom. The molecular weight excluding hydrogens is 378 g/mol. The van der Waals surface area contributed by atoms with E-state index in [-0.39, 0.29) is 6.04 Å². The molecule has 0 amide bonds. The van der Waals surface area contributed by atoms with E-state index in [1.165, 1.54) is 0 Å². The highest BCUT2D eigenvalue weighted by molar-refractivity contribution is 7.85. The summed E-state index contributed by atoms with van der Waals surface area (Å²) < 4.78 is 35.0. The minimum absolute atomic E-state index is 0.119. The summed E-state index contributed by atoms with van der Waals surface area (Å²) in [5.74, 6) is -0.408. The molecule has 0 saturated carbocycles. The second-order valence-corrected chi connectivity index (χ2v) is 7.91. The fraction of sp³-hybridized carbons (Fsp3) is 0.333. The van der Waals surface area contributed by atoms with Crippen LogP contribution in [0.2, 0.25) is 5.02 Å². The topological polar surface area (TPSA) is 95.9 Å². The summed E-state index contributed by atoms with van der Waals surface area (Å²) >= 11 is 5.93. The van der Waals surface area contributed by atoms with Crippen LogP contribution >= 0.6 is 11.6 Å². The average Bonchev–Trinajstić information content (AvgIpc) is 2.58. The summed E-state index contributed by atoms with van der Waals surface area (Å²) in [5, 5.41) is 14.1. The molecule has 0 spiro atoms. The summed E-state index contributed by atoms with van der Waals surface area (Å²) in [7, 11) is -4.16. The Morgan fingerprint density at radius 2 is 1.88 bits per heavy atom. The van der Waals surface area contributed by atoms with Crippen molar-refractivity contribution < 1.29 is 22.8 Å². The molecule has 2 atom stereocenters. The summed E-state index contributed by atoms with van der Waals surface area (Å²) in [6.45, 7) is 2.41. The summed E-state index contributed by atoms with van der Waals surface area (Å²) in [6, 6.07) is 14.2. The van der Waals surface area contributed by atoms with Crippen LogP contribution in [0.25, 0.3) is 0 Å². The first-order chi connectivity index (χ1) is 12.2. The number of hydrogen-bond acceptors (Lipinski definition) is 5. The fourth-order valence-corrected chi connectivity index (χ4v) is 2.92. The van der Waals surface area contributed by atoms with Crippen molar-refractivity contribution in [2.75, 3.05) is 12.5 Å². The first-order valence-electron chi connectivity index (χ1n) is 8.07. The van der Waals surface area contributed by atoms with Crippen LogP contribution in [0.1, 0.15) is 24.2 Å². The lowest BCUT2D eigenvalue weighted by Gasteiger charge is -2.18. The highest BCUT2D eigenvalue weighted by Gasteiger charge is 2.11. The summed E-state index contributed by atoms with van der Waals surface area (Å²) in [4.78, 5) is 0. The van der Waals surface area contributed by atoms with Crippen molar-refractivity contribution in [2.45, 2.75) is 25.5 Å². The van der Waals surface area contributed by atoms with E-state index in [0.717, 1.165) is 17.5 Å². The van der Waals surface area contributed by atoms with Crippen LogP contribution in [0.4, 0.5) is 0 Å². The second kappa shape index (κ2) is 9.34. The predicted octanol–water partition coefficient (Wildman–Crippen LogP) is 2.82. The molecule has 0 radical (unpaired) electrons. The summed E-state index contributed by atoms with van der Waals surface area (Å²) in [6.07, 6.45) is 0.0771. The Morgan fingerprint density at radius 1 is 1.19 bits per heavy atom. The summed E-state index contributed by atoms with van der Waals surface area (Å²) in [5.41, 5.74) is 1.79. The Labute approximate surface area is 158 Å². The van der Waals surface area contributed by atoms with Crippen LogP contribution in [0.3, 0.4) is 0 Å². The Kier molecular flexibility index (Phi) is 7.43. The average molecular weight is 400 g/mol. The predicted molar refractivity (Wildman–Crippen MR) is 101 cm³/mol. The maximum Gasteiger partial charge on any atom is 0.300 e. The molecule has 2 rings (SSSR count). The van der Waals surface area contributed by atoms with Crippen molar-refractivity contribution in [1.29, 1.82) is 0 Å². The second-order valence-electron chi connectivity index (χ2n) is 6.07. The van der Waals surface area contributed by atoms with Gasteiger partial charge in [0.05, 0.1) is 6.10 Å². The molecule has 0 aliphatic rings. The maximum absolute atomic E-state index is 10.7. The van der Waals surface area contributed by atoms with E-state index < -0.39 is 22.2 Å². The van der Waals surface area contributed by atoms with Crippen molar-refractivity contribution >= 4 is 21.7 Å². The number of nitrogens with one attached hydrogen (secondary N) is 1. The maximum atomic E-state index is 10.7. The third-order valence-electron chi connectivity index (χ3n) is 3.73. The van der Waals surface area contributed by atoms with Crippen LogP contribution in [0.15, 0.2) is 48.5 Å².